The fourth-order valence-electron chi connectivity index (χ4n) is 0.815. The van der Waals surface area contributed by atoms with E-state index in [0.717, 1.165) is 6.42 Å². The maximum atomic E-state index is 10.00. The Morgan fingerprint density at radius 3 is 2.56 bits per heavy atom. The fraction of sp³-hybridized carbons (Fsp3) is 0.800. The fourth-order valence-corrected chi connectivity index (χ4v) is 0.815. The molecule has 0 N–H and O–H groups in total. The van der Waals surface area contributed by atoms with Crippen molar-refractivity contribution in [2.75, 3.05) is 6.54 Å². The molecule has 0 aromatic rings. The van der Waals surface area contributed by atoms with Crippen molar-refractivity contribution >= 4 is 5.97 Å². The molecule has 1 heterocycles. The Bertz CT molecular complexity index is 101. The molecule has 1 aliphatic rings. The van der Waals surface area contributed by atoms with Gasteiger partial charge in [0.25, 0.3) is 0 Å². The van der Waals surface area contributed by atoms with Crippen molar-refractivity contribution in [3.8, 4) is 0 Å². The van der Waals surface area contributed by atoms with Crippen molar-refractivity contribution in [3.05, 3.63) is 5.32 Å². The van der Waals surface area contributed by atoms with E-state index in [-0.39, 0.29) is 19.5 Å². The van der Waals surface area contributed by atoms with Gasteiger partial charge in [0.2, 0.25) is 0 Å². The van der Waals surface area contributed by atoms with E-state index in [1.165, 1.54) is 0 Å². The predicted molar refractivity (Wildman–Crippen MR) is 26.3 cm³/mol. The molecule has 0 radical (unpaired) electrons. The average Bonchev–Trinajstić information content (AvgIpc) is 2.12. The Morgan fingerprint density at radius 1 is 1.67 bits per heavy atom. The number of hydrogen-bond donors (Lipinski definition) is 0. The van der Waals surface area contributed by atoms with Gasteiger partial charge in [-0.1, -0.05) is 18.9 Å². The third-order valence-electron chi connectivity index (χ3n) is 1.26. The van der Waals surface area contributed by atoms with Crippen LogP contribution >= 0.6 is 0 Å². The van der Waals surface area contributed by atoms with Crippen LogP contribution in [0.25, 0.3) is 5.32 Å². The molecule has 1 aliphatic heterocycles. The SMILES string of the molecule is O=C([O-])[C@@H]1CCC[N-]1.[Zn+2]. The van der Waals surface area contributed by atoms with Crippen molar-refractivity contribution in [3.63, 3.8) is 0 Å². The Kier molecular flexibility index (Phi) is 3.99. The van der Waals surface area contributed by atoms with E-state index >= 15 is 0 Å². The van der Waals surface area contributed by atoms with Crippen LogP contribution in [0.4, 0.5) is 0 Å². The normalized spacial score (nSPS) is 25.1. The molecule has 0 spiro atoms. The van der Waals surface area contributed by atoms with Crippen molar-refractivity contribution in [2.24, 2.45) is 0 Å². The standard InChI is InChI=1S/C5H8NO2.Zn/c7-5(8)4-2-1-3-6-4;/h4H,1-3H2,(H,7,8);/q-1;+2/p-1/t4-;/m0./s1. The third kappa shape index (κ3) is 2.42. The van der Waals surface area contributed by atoms with Crippen LogP contribution in [0.15, 0.2) is 0 Å². The first-order chi connectivity index (χ1) is 3.80. The monoisotopic (exact) mass is 177 g/mol. The number of carbonyl (C=O) groups excluding carboxylic acids is 1. The zero-order valence-corrected chi connectivity index (χ0v) is 8.14. The van der Waals surface area contributed by atoms with E-state index in [1.54, 1.807) is 0 Å². The van der Waals surface area contributed by atoms with Crippen molar-refractivity contribution in [2.45, 2.75) is 18.9 Å². The van der Waals surface area contributed by atoms with E-state index in [9.17, 15) is 9.90 Å². The topological polar surface area (TPSA) is 54.2 Å². The number of aliphatic carboxylic acids is 1. The molecule has 3 nitrogen and oxygen atoms in total. The molecule has 1 fully saturated rings. The minimum Gasteiger partial charge on any atom is -0.655 e. The molecular weight excluding hydrogens is 171 g/mol. The van der Waals surface area contributed by atoms with Gasteiger partial charge in [-0.2, -0.15) is 0 Å². The molecule has 0 aromatic carbocycles. The quantitative estimate of drug-likeness (QED) is 0.497. The summed E-state index contributed by atoms with van der Waals surface area (Å²) in [6.07, 6.45) is 1.57. The van der Waals surface area contributed by atoms with Crippen LogP contribution < -0.4 is 5.11 Å². The molecule has 4 heteroatoms. The first kappa shape index (κ1) is 9.05. The van der Waals surface area contributed by atoms with Crippen LogP contribution in [-0.4, -0.2) is 18.6 Å². The van der Waals surface area contributed by atoms with E-state index in [0.29, 0.717) is 13.0 Å². The zero-order chi connectivity index (χ0) is 5.98. The number of carbonyl (C=O) groups is 1. The zero-order valence-electron chi connectivity index (χ0n) is 5.17. The van der Waals surface area contributed by atoms with E-state index < -0.39 is 12.0 Å². The average molecular weight is 179 g/mol. The molecule has 0 aliphatic carbocycles. The first-order valence-corrected chi connectivity index (χ1v) is 2.68. The molecule has 0 saturated carbocycles. The van der Waals surface area contributed by atoms with Gasteiger partial charge in [0.1, 0.15) is 0 Å². The van der Waals surface area contributed by atoms with Gasteiger partial charge >= 0.3 is 19.5 Å². The smallest absolute Gasteiger partial charge is 0.655 e. The van der Waals surface area contributed by atoms with Gasteiger partial charge in [0.15, 0.2) is 0 Å². The summed E-state index contributed by atoms with van der Waals surface area (Å²) < 4.78 is 0. The van der Waals surface area contributed by atoms with Gasteiger partial charge in [-0.25, -0.2) is 0 Å². The Hall–Kier alpha value is 0.0534. The molecule has 0 aromatic heterocycles. The minimum absolute atomic E-state index is 0. The van der Waals surface area contributed by atoms with Crippen LogP contribution in [-0.2, 0) is 24.3 Å². The van der Waals surface area contributed by atoms with Crippen LogP contribution in [0.2, 0.25) is 0 Å². The third-order valence-corrected chi connectivity index (χ3v) is 1.26. The number of carboxylic acids is 1. The number of nitrogens with zero attached hydrogens (tertiary/aromatic N) is 1. The molecule has 1 saturated heterocycles. The molecule has 1 atom stereocenters. The van der Waals surface area contributed by atoms with Gasteiger partial charge < -0.3 is 15.2 Å². The van der Waals surface area contributed by atoms with Crippen LogP contribution in [0, 0.1) is 0 Å². The van der Waals surface area contributed by atoms with Crippen molar-refractivity contribution < 1.29 is 29.4 Å². The Labute approximate surface area is 66.6 Å². The van der Waals surface area contributed by atoms with Gasteiger partial charge in [-0.3, -0.25) is 0 Å². The van der Waals surface area contributed by atoms with Gasteiger partial charge in [0, 0.05) is 5.97 Å². The minimum atomic E-state index is -1.03. The number of hydrogen-bond acceptors (Lipinski definition) is 2. The molecule has 9 heavy (non-hydrogen) atoms. The molecule has 1 rings (SSSR count). The van der Waals surface area contributed by atoms with E-state index in [2.05, 4.69) is 5.32 Å². The largest absolute Gasteiger partial charge is 2.00 e. The second-order valence-corrected chi connectivity index (χ2v) is 1.88. The summed E-state index contributed by atoms with van der Waals surface area (Å²) >= 11 is 0. The molecular formula is C5H7NO2Zn. The molecule has 0 amide bonds. The Balaban J connectivity index is 0.000000640. The van der Waals surface area contributed by atoms with Gasteiger partial charge in [-0.15, -0.1) is 6.54 Å². The van der Waals surface area contributed by atoms with Crippen LogP contribution in [0.5, 0.6) is 0 Å². The maximum Gasteiger partial charge on any atom is 2.00 e. The summed E-state index contributed by atoms with van der Waals surface area (Å²) in [6.45, 7) is 0.693. The van der Waals surface area contributed by atoms with Crippen molar-refractivity contribution in [1.82, 2.24) is 0 Å². The summed E-state index contributed by atoms with van der Waals surface area (Å²) in [6, 6.07) is -0.505. The second kappa shape index (κ2) is 3.96. The molecule has 0 bridgehead atoms. The summed E-state index contributed by atoms with van der Waals surface area (Å²) in [5, 5.41) is 13.8. The van der Waals surface area contributed by atoms with Crippen LogP contribution in [0.1, 0.15) is 12.8 Å². The maximum absolute atomic E-state index is 10.00. The van der Waals surface area contributed by atoms with Crippen LogP contribution in [0.3, 0.4) is 0 Å². The van der Waals surface area contributed by atoms with Gasteiger partial charge in [0.05, 0.1) is 0 Å². The summed E-state index contributed by atoms with van der Waals surface area (Å²) in [5.74, 6) is -1.03. The van der Waals surface area contributed by atoms with E-state index in [4.69, 9.17) is 0 Å². The number of carboxylic acid groups (broad SMARTS) is 1. The summed E-state index contributed by atoms with van der Waals surface area (Å²) in [7, 11) is 0. The van der Waals surface area contributed by atoms with E-state index in [1.807, 2.05) is 0 Å². The summed E-state index contributed by atoms with van der Waals surface area (Å²) in [4.78, 5) is 10.00. The Morgan fingerprint density at radius 2 is 2.33 bits per heavy atom. The first-order valence-electron chi connectivity index (χ1n) is 2.68. The van der Waals surface area contributed by atoms with Gasteiger partial charge in [-0.05, 0) is 0 Å². The summed E-state index contributed by atoms with van der Waals surface area (Å²) in [5.41, 5.74) is 0. The predicted octanol–water partition coefficient (Wildman–Crippen LogP) is -0.730. The van der Waals surface area contributed by atoms with Crippen molar-refractivity contribution in [1.29, 1.82) is 0 Å². The molecule has 46 valence electrons. The number of rotatable bonds is 1. The second-order valence-electron chi connectivity index (χ2n) is 1.88. The molecule has 0 unspecified atom stereocenters.